The van der Waals surface area contributed by atoms with Crippen LogP contribution in [0.2, 0.25) is 0 Å². The molecule has 4 rings (SSSR count). The lowest BCUT2D eigenvalue weighted by Gasteiger charge is -2.15. The van der Waals surface area contributed by atoms with Crippen molar-refractivity contribution < 1.29 is 14.3 Å². The van der Waals surface area contributed by atoms with Crippen molar-refractivity contribution in [3.63, 3.8) is 0 Å². The SMILES string of the molecule is COc1ccc(C2(C(=O)Nc3nc(-c4ccccc4OC)cs3)CC2)cc1. The molecule has 138 valence electrons. The Labute approximate surface area is 162 Å². The lowest BCUT2D eigenvalue weighted by Crippen LogP contribution is -2.27. The summed E-state index contributed by atoms with van der Waals surface area (Å²) < 4.78 is 10.6. The highest BCUT2D eigenvalue weighted by Gasteiger charge is 2.51. The number of carbonyl (C=O) groups excluding carboxylic acids is 1. The third kappa shape index (κ3) is 3.28. The van der Waals surface area contributed by atoms with Crippen LogP contribution in [0.3, 0.4) is 0 Å². The minimum atomic E-state index is -0.456. The average molecular weight is 380 g/mol. The van der Waals surface area contributed by atoms with Gasteiger partial charge in [0, 0.05) is 10.9 Å². The van der Waals surface area contributed by atoms with E-state index in [-0.39, 0.29) is 5.91 Å². The molecule has 1 fully saturated rings. The first kappa shape index (κ1) is 17.5. The van der Waals surface area contributed by atoms with E-state index < -0.39 is 5.41 Å². The first-order chi connectivity index (χ1) is 13.2. The molecule has 0 aliphatic heterocycles. The molecule has 0 unspecified atom stereocenters. The number of rotatable bonds is 6. The van der Waals surface area contributed by atoms with E-state index in [1.54, 1.807) is 14.2 Å². The first-order valence-corrected chi connectivity index (χ1v) is 9.59. The van der Waals surface area contributed by atoms with Gasteiger partial charge < -0.3 is 14.8 Å². The molecule has 1 aromatic heterocycles. The molecule has 1 aliphatic rings. The van der Waals surface area contributed by atoms with Crippen LogP contribution in [0.25, 0.3) is 11.3 Å². The standard InChI is InChI=1S/C21H20N2O3S/c1-25-15-9-7-14(8-10-15)21(11-12-21)19(24)23-20-22-17(13-27-20)16-5-3-4-6-18(16)26-2/h3-10,13H,11-12H2,1-2H3,(H,22,23,24). The van der Waals surface area contributed by atoms with Crippen molar-refractivity contribution in [2.24, 2.45) is 0 Å². The molecule has 27 heavy (non-hydrogen) atoms. The van der Waals surface area contributed by atoms with Gasteiger partial charge in [-0.1, -0.05) is 24.3 Å². The average Bonchev–Trinajstić information content (AvgIpc) is 3.41. The van der Waals surface area contributed by atoms with Crippen LogP contribution in [0.1, 0.15) is 18.4 Å². The molecule has 1 N–H and O–H groups in total. The molecule has 1 aliphatic carbocycles. The lowest BCUT2D eigenvalue weighted by atomic mass is 9.95. The fourth-order valence-electron chi connectivity index (χ4n) is 3.21. The normalized spacial score (nSPS) is 14.4. The van der Waals surface area contributed by atoms with Crippen LogP contribution in [0.5, 0.6) is 11.5 Å². The van der Waals surface area contributed by atoms with Gasteiger partial charge in [0.2, 0.25) is 5.91 Å². The van der Waals surface area contributed by atoms with E-state index in [1.807, 2.05) is 53.9 Å². The van der Waals surface area contributed by atoms with E-state index >= 15 is 0 Å². The molecule has 1 saturated carbocycles. The van der Waals surface area contributed by atoms with Crippen molar-refractivity contribution in [1.82, 2.24) is 4.98 Å². The highest BCUT2D eigenvalue weighted by molar-refractivity contribution is 7.14. The topological polar surface area (TPSA) is 60.5 Å². The zero-order valence-corrected chi connectivity index (χ0v) is 16.0. The summed E-state index contributed by atoms with van der Waals surface area (Å²) in [6.07, 6.45) is 1.69. The predicted molar refractivity (Wildman–Crippen MR) is 107 cm³/mol. The van der Waals surface area contributed by atoms with Gasteiger partial charge in [-0.2, -0.15) is 0 Å². The zero-order chi connectivity index (χ0) is 18.9. The number of thiazole rings is 1. The highest BCUT2D eigenvalue weighted by atomic mass is 32.1. The third-order valence-electron chi connectivity index (χ3n) is 4.93. The van der Waals surface area contributed by atoms with Gasteiger partial charge in [-0.3, -0.25) is 4.79 Å². The number of aromatic nitrogens is 1. The quantitative estimate of drug-likeness (QED) is 0.684. The van der Waals surface area contributed by atoms with Gasteiger partial charge in [0.25, 0.3) is 0 Å². The van der Waals surface area contributed by atoms with Crippen molar-refractivity contribution in [3.05, 3.63) is 59.5 Å². The Hall–Kier alpha value is -2.86. The Morgan fingerprint density at radius 3 is 2.48 bits per heavy atom. The smallest absolute Gasteiger partial charge is 0.236 e. The Balaban J connectivity index is 1.53. The van der Waals surface area contributed by atoms with Crippen molar-refractivity contribution in [3.8, 4) is 22.8 Å². The molecule has 1 heterocycles. The number of anilines is 1. The van der Waals surface area contributed by atoms with E-state index in [0.29, 0.717) is 5.13 Å². The number of nitrogens with zero attached hydrogens (tertiary/aromatic N) is 1. The van der Waals surface area contributed by atoms with Gasteiger partial charge in [0.15, 0.2) is 5.13 Å². The van der Waals surface area contributed by atoms with Gasteiger partial charge in [-0.25, -0.2) is 4.98 Å². The molecule has 0 radical (unpaired) electrons. The van der Waals surface area contributed by atoms with Gasteiger partial charge >= 0.3 is 0 Å². The maximum atomic E-state index is 12.9. The van der Waals surface area contributed by atoms with Crippen LogP contribution in [-0.4, -0.2) is 25.1 Å². The molecule has 0 bridgehead atoms. The summed E-state index contributed by atoms with van der Waals surface area (Å²) in [6.45, 7) is 0. The summed E-state index contributed by atoms with van der Waals surface area (Å²) in [5, 5.41) is 5.52. The van der Waals surface area contributed by atoms with Crippen LogP contribution in [-0.2, 0) is 10.2 Å². The number of methoxy groups -OCH3 is 2. The van der Waals surface area contributed by atoms with E-state index in [4.69, 9.17) is 9.47 Å². The number of benzene rings is 2. The van der Waals surface area contributed by atoms with E-state index in [9.17, 15) is 4.79 Å². The summed E-state index contributed by atoms with van der Waals surface area (Å²) in [6, 6.07) is 15.4. The minimum absolute atomic E-state index is 0.00593. The van der Waals surface area contributed by atoms with E-state index in [1.165, 1.54) is 11.3 Å². The number of amides is 1. The largest absolute Gasteiger partial charge is 0.497 e. The fraction of sp³-hybridized carbons (Fsp3) is 0.238. The van der Waals surface area contributed by atoms with Gasteiger partial charge in [-0.05, 0) is 42.7 Å². The maximum absolute atomic E-state index is 12.9. The molecule has 6 heteroatoms. The van der Waals surface area contributed by atoms with Crippen LogP contribution < -0.4 is 14.8 Å². The monoisotopic (exact) mass is 380 g/mol. The fourth-order valence-corrected chi connectivity index (χ4v) is 3.92. The van der Waals surface area contributed by atoms with Crippen molar-refractivity contribution >= 4 is 22.4 Å². The number of carbonyl (C=O) groups is 1. The molecule has 5 nitrogen and oxygen atoms in total. The van der Waals surface area contributed by atoms with Gasteiger partial charge in [0.05, 0.1) is 25.3 Å². The van der Waals surface area contributed by atoms with Gasteiger partial charge in [0.1, 0.15) is 11.5 Å². The van der Waals surface area contributed by atoms with Crippen LogP contribution in [0.4, 0.5) is 5.13 Å². The third-order valence-corrected chi connectivity index (χ3v) is 5.69. The van der Waals surface area contributed by atoms with Crippen LogP contribution in [0, 0.1) is 0 Å². The Morgan fingerprint density at radius 1 is 1.07 bits per heavy atom. The van der Waals surface area contributed by atoms with Crippen molar-refractivity contribution in [2.45, 2.75) is 18.3 Å². The Morgan fingerprint density at radius 2 is 1.81 bits per heavy atom. The second-order valence-corrected chi connectivity index (χ2v) is 7.36. The molecule has 1 amide bonds. The molecular weight excluding hydrogens is 360 g/mol. The second kappa shape index (κ2) is 7.04. The van der Waals surface area contributed by atoms with Crippen LogP contribution in [0.15, 0.2) is 53.9 Å². The highest BCUT2D eigenvalue weighted by Crippen LogP contribution is 2.49. The second-order valence-electron chi connectivity index (χ2n) is 6.50. The summed E-state index contributed by atoms with van der Waals surface area (Å²) >= 11 is 1.42. The lowest BCUT2D eigenvalue weighted by molar-refractivity contribution is -0.118. The minimum Gasteiger partial charge on any atom is -0.497 e. The summed E-state index contributed by atoms with van der Waals surface area (Å²) in [5.41, 5.74) is 2.26. The van der Waals surface area contributed by atoms with E-state index in [0.717, 1.165) is 41.2 Å². The summed E-state index contributed by atoms with van der Waals surface area (Å²) in [5.74, 6) is 1.54. The number of ether oxygens (including phenoxy) is 2. The number of para-hydroxylation sites is 1. The molecule has 3 aromatic rings. The zero-order valence-electron chi connectivity index (χ0n) is 15.2. The maximum Gasteiger partial charge on any atom is 0.236 e. The Bertz CT molecular complexity index is 962. The van der Waals surface area contributed by atoms with Crippen molar-refractivity contribution in [2.75, 3.05) is 19.5 Å². The summed E-state index contributed by atoms with van der Waals surface area (Å²) in [7, 11) is 3.27. The van der Waals surface area contributed by atoms with E-state index in [2.05, 4.69) is 10.3 Å². The number of hydrogen-bond donors (Lipinski definition) is 1. The number of nitrogens with one attached hydrogen (secondary N) is 1. The molecule has 2 aromatic carbocycles. The predicted octanol–water partition coefficient (Wildman–Crippen LogP) is 4.50. The Kier molecular flexibility index (Phi) is 4.58. The molecule has 0 saturated heterocycles. The van der Waals surface area contributed by atoms with Gasteiger partial charge in [-0.15, -0.1) is 11.3 Å². The molecular formula is C21H20N2O3S. The first-order valence-electron chi connectivity index (χ1n) is 8.71. The van der Waals surface area contributed by atoms with Crippen molar-refractivity contribution in [1.29, 1.82) is 0 Å². The van der Waals surface area contributed by atoms with Crippen LogP contribution >= 0.6 is 11.3 Å². The summed E-state index contributed by atoms with van der Waals surface area (Å²) in [4.78, 5) is 17.5. The molecule has 0 spiro atoms. The number of hydrogen-bond acceptors (Lipinski definition) is 5. The molecule has 0 atom stereocenters.